The topological polar surface area (TPSA) is 109 Å². The Kier molecular flexibility index (Phi) is 4.94. The van der Waals surface area contributed by atoms with Crippen LogP contribution in [0.2, 0.25) is 0 Å². The Bertz CT molecular complexity index is 1310. The molecule has 0 bridgehead atoms. The van der Waals surface area contributed by atoms with Crippen molar-refractivity contribution in [3.8, 4) is 11.5 Å². The van der Waals surface area contributed by atoms with Gasteiger partial charge < -0.3 is 23.6 Å². The van der Waals surface area contributed by atoms with E-state index < -0.39 is 11.3 Å². The first kappa shape index (κ1) is 19.6. The summed E-state index contributed by atoms with van der Waals surface area (Å²) in [6.07, 6.45) is 3.99. The van der Waals surface area contributed by atoms with E-state index in [-0.39, 0.29) is 22.5 Å². The van der Waals surface area contributed by atoms with Crippen molar-refractivity contribution in [2.24, 2.45) is 0 Å². The van der Waals surface area contributed by atoms with E-state index in [1.165, 1.54) is 20.5 Å². The number of anilines is 1. The van der Waals surface area contributed by atoms with Gasteiger partial charge in [-0.25, -0.2) is 4.68 Å². The lowest BCUT2D eigenvalue weighted by molar-refractivity contribution is 0.0996. The number of rotatable bonds is 6. The number of ether oxygens (including phenoxy) is 2. The summed E-state index contributed by atoms with van der Waals surface area (Å²) in [6, 6.07) is 2.81. The van der Waals surface area contributed by atoms with Crippen molar-refractivity contribution < 1.29 is 23.1 Å². The van der Waals surface area contributed by atoms with Crippen molar-refractivity contribution in [3.05, 3.63) is 46.1 Å². The van der Waals surface area contributed by atoms with Gasteiger partial charge in [-0.15, -0.1) is 0 Å². The lowest BCUT2D eigenvalue weighted by Crippen LogP contribution is -2.18. The van der Waals surface area contributed by atoms with E-state index >= 15 is 0 Å². The molecular formula is C21H21N3O6. The van der Waals surface area contributed by atoms with Crippen molar-refractivity contribution in [2.75, 3.05) is 19.5 Å². The molecule has 156 valence electrons. The minimum absolute atomic E-state index is 0.0771. The van der Waals surface area contributed by atoms with Crippen LogP contribution in [0, 0.1) is 6.92 Å². The quantitative estimate of drug-likeness (QED) is 0.515. The summed E-state index contributed by atoms with van der Waals surface area (Å²) < 4.78 is 23.9. The van der Waals surface area contributed by atoms with E-state index in [4.69, 9.17) is 18.3 Å². The van der Waals surface area contributed by atoms with Gasteiger partial charge in [0.2, 0.25) is 5.75 Å². The molecule has 3 heterocycles. The first-order valence-electron chi connectivity index (χ1n) is 9.42. The zero-order valence-corrected chi connectivity index (χ0v) is 17.1. The Morgan fingerprint density at radius 3 is 2.70 bits per heavy atom. The highest BCUT2D eigenvalue weighted by atomic mass is 16.5. The van der Waals surface area contributed by atoms with Gasteiger partial charge in [0.15, 0.2) is 22.4 Å². The standard InChI is InChI=1S/C21H21N3O6/c1-5-7-24-20(11(2)10-22-24)23-21(26)14-9-13(25)15-16(27-3)12-6-8-29-17(12)19(28-4)18(15)30-14/h6,8-10H,5,7H2,1-4H3,(H,23,26). The Morgan fingerprint density at radius 2 is 2.00 bits per heavy atom. The molecule has 4 aromatic rings. The van der Waals surface area contributed by atoms with Crippen molar-refractivity contribution in [1.82, 2.24) is 9.78 Å². The molecule has 0 radical (unpaired) electrons. The van der Waals surface area contributed by atoms with Gasteiger partial charge in [-0.05, 0) is 19.4 Å². The molecule has 9 nitrogen and oxygen atoms in total. The average Bonchev–Trinajstić information content (AvgIpc) is 3.34. The predicted octanol–water partition coefficient (Wildman–Crippen LogP) is 3.72. The van der Waals surface area contributed by atoms with Gasteiger partial charge in [-0.2, -0.15) is 5.10 Å². The van der Waals surface area contributed by atoms with Gasteiger partial charge in [0.05, 0.1) is 32.1 Å². The first-order valence-corrected chi connectivity index (χ1v) is 9.42. The zero-order valence-electron chi connectivity index (χ0n) is 17.1. The predicted molar refractivity (Wildman–Crippen MR) is 111 cm³/mol. The van der Waals surface area contributed by atoms with Crippen LogP contribution in [0.3, 0.4) is 0 Å². The van der Waals surface area contributed by atoms with Crippen LogP contribution in [-0.4, -0.2) is 29.9 Å². The molecule has 1 amide bonds. The zero-order chi connectivity index (χ0) is 21.4. The maximum Gasteiger partial charge on any atom is 0.292 e. The number of methoxy groups -OCH3 is 2. The number of nitrogens with one attached hydrogen (secondary N) is 1. The Balaban J connectivity index is 1.87. The minimum atomic E-state index is -0.574. The van der Waals surface area contributed by atoms with Gasteiger partial charge in [0.1, 0.15) is 17.0 Å². The Labute approximate surface area is 171 Å². The molecule has 0 aliphatic rings. The third kappa shape index (κ3) is 2.99. The highest BCUT2D eigenvalue weighted by molar-refractivity contribution is 6.08. The number of fused-ring (bicyclic) bond motifs is 2. The molecule has 3 aromatic heterocycles. The minimum Gasteiger partial charge on any atom is -0.495 e. The van der Waals surface area contributed by atoms with Crippen LogP contribution in [0.25, 0.3) is 21.9 Å². The normalized spacial score (nSPS) is 11.2. The number of hydrogen-bond donors (Lipinski definition) is 1. The van der Waals surface area contributed by atoms with Gasteiger partial charge in [0.25, 0.3) is 5.91 Å². The molecule has 0 spiro atoms. The molecule has 1 N–H and O–H groups in total. The van der Waals surface area contributed by atoms with Gasteiger partial charge >= 0.3 is 0 Å². The maximum absolute atomic E-state index is 12.9. The number of aryl methyl sites for hydroxylation is 2. The second kappa shape index (κ2) is 7.58. The van der Waals surface area contributed by atoms with E-state index in [9.17, 15) is 9.59 Å². The van der Waals surface area contributed by atoms with E-state index in [0.717, 1.165) is 18.1 Å². The molecule has 30 heavy (non-hydrogen) atoms. The molecule has 0 saturated carbocycles. The average molecular weight is 411 g/mol. The number of carbonyl (C=O) groups is 1. The molecule has 9 heteroatoms. The van der Waals surface area contributed by atoms with E-state index in [0.29, 0.717) is 29.1 Å². The van der Waals surface area contributed by atoms with Crippen LogP contribution in [0.15, 0.2) is 38.2 Å². The van der Waals surface area contributed by atoms with Gasteiger partial charge in [-0.3, -0.25) is 9.59 Å². The molecule has 0 unspecified atom stereocenters. The van der Waals surface area contributed by atoms with Crippen molar-refractivity contribution >= 4 is 33.7 Å². The monoisotopic (exact) mass is 411 g/mol. The molecule has 0 aliphatic heterocycles. The highest BCUT2D eigenvalue weighted by Gasteiger charge is 2.24. The summed E-state index contributed by atoms with van der Waals surface area (Å²) in [5, 5.41) is 7.79. The van der Waals surface area contributed by atoms with Crippen LogP contribution < -0.4 is 20.2 Å². The van der Waals surface area contributed by atoms with Gasteiger partial charge in [0, 0.05) is 18.2 Å². The number of benzene rings is 1. The molecule has 0 aliphatic carbocycles. The van der Waals surface area contributed by atoms with Crippen LogP contribution in [-0.2, 0) is 6.54 Å². The summed E-state index contributed by atoms with van der Waals surface area (Å²) in [5.74, 6) is 0.324. The maximum atomic E-state index is 12.9. The van der Waals surface area contributed by atoms with E-state index in [1.54, 1.807) is 16.9 Å². The van der Waals surface area contributed by atoms with Crippen molar-refractivity contribution in [3.63, 3.8) is 0 Å². The largest absolute Gasteiger partial charge is 0.495 e. The fraction of sp³-hybridized carbons (Fsp3) is 0.286. The second-order valence-corrected chi connectivity index (χ2v) is 6.76. The Hall–Kier alpha value is -3.75. The molecule has 0 saturated heterocycles. The van der Waals surface area contributed by atoms with E-state index in [2.05, 4.69) is 10.4 Å². The lowest BCUT2D eigenvalue weighted by Gasteiger charge is -2.12. The number of nitrogens with zero attached hydrogens (tertiary/aromatic N) is 2. The fourth-order valence-electron chi connectivity index (χ4n) is 3.47. The summed E-state index contributed by atoms with van der Waals surface area (Å²) in [7, 11) is 2.88. The van der Waals surface area contributed by atoms with E-state index in [1.807, 2.05) is 13.8 Å². The van der Waals surface area contributed by atoms with Crippen LogP contribution in [0.4, 0.5) is 5.82 Å². The molecule has 0 fully saturated rings. The molecule has 1 aromatic carbocycles. The third-order valence-corrected chi connectivity index (χ3v) is 4.82. The fourth-order valence-corrected chi connectivity index (χ4v) is 3.47. The summed E-state index contributed by atoms with van der Waals surface area (Å²) in [4.78, 5) is 25.8. The summed E-state index contributed by atoms with van der Waals surface area (Å²) in [5.41, 5.74) is 0.808. The Morgan fingerprint density at radius 1 is 1.23 bits per heavy atom. The first-order chi connectivity index (χ1) is 14.5. The smallest absolute Gasteiger partial charge is 0.292 e. The molecular weight excluding hydrogens is 390 g/mol. The van der Waals surface area contributed by atoms with Crippen molar-refractivity contribution in [2.45, 2.75) is 26.8 Å². The number of carbonyl (C=O) groups excluding carboxylic acids is 1. The van der Waals surface area contributed by atoms with Crippen LogP contribution in [0.1, 0.15) is 29.5 Å². The van der Waals surface area contributed by atoms with Gasteiger partial charge in [-0.1, -0.05) is 6.92 Å². The number of amides is 1. The molecule has 4 rings (SSSR count). The summed E-state index contributed by atoms with van der Waals surface area (Å²) in [6.45, 7) is 4.50. The molecule has 0 atom stereocenters. The number of aromatic nitrogens is 2. The lowest BCUT2D eigenvalue weighted by atomic mass is 10.1. The van der Waals surface area contributed by atoms with Crippen molar-refractivity contribution in [1.29, 1.82) is 0 Å². The number of furan rings is 1. The second-order valence-electron chi connectivity index (χ2n) is 6.76. The third-order valence-electron chi connectivity index (χ3n) is 4.82. The van der Waals surface area contributed by atoms with Crippen LogP contribution >= 0.6 is 0 Å². The SMILES string of the molecule is CCCn1ncc(C)c1NC(=O)c1cc(=O)c2c(OC)c3ccoc3c(OC)c2o1. The summed E-state index contributed by atoms with van der Waals surface area (Å²) >= 11 is 0. The number of hydrogen-bond acceptors (Lipinski definition) is 7. The highest BCUT2D eigenvalue weighted by Crippen LogP contribution is 2.42. The van der Waals surface area contributed by atoms with Crippen LogP contribution in [0.5, 0.6) is 11.5 Å².